The first-order valence-electron chi connectivity index (χ1n) is 8.51. The SMILES string of the molecule is CCCCNC(=O)N1CCC[C@@H](c2nc([C@H](C)CC)no2)C1. The summed E-state index contributed by atoms with van der Waals surface area (Å²) in [7, 11) is 0. The molecule has 0 saturated carbocycles. The van der Waals surface area contributed by atoms with Crippen molar-refractivity contribution in [2.75, 3.05) is 19.6 Å². The van der Waals surface area contributed by atoms with Crippen molar-refractivity contribution in [1.29, 1.82) is 0 Å². The summed E-state index contributed by atoms with van der Waals surface area (Å²) in [5, 5.41) is 7.07. The van der Waals surface area contributed by atoms with Crippen LogP contribution in [0.3, 0.4) is 0 Å². The molecule has 2 rings (SSSR count). The Hall–Kier alpha value is -1.59. The van der Waals surface area contributed by atoms with Crippen molar-refractivity contribution in [2.24, 2.45) is 0 Å². The van der Waals surface area contributed by atoms with Crippen LogP contribution in [0.1, 0.15) is 76.4 Å². The molecule has 0 spiro atoms. The van der Waals surface area contributed by atoms with Gasteiger partial charge in [0.25, 0.3) is 0 Å². The molecule has 2 heterocycles. The Labute approximate surface area is 132 Å². The molecule has 0 aliphatic carbocycles. The van der Waals surface area contributed by atoms with Crippen molar-refractivity contribution in [3.8, 4) is 0 Å². The first kappa shape index (κ1) is 16.8. The molecule has 2 amide bonds. The monoisotopic (exact) mass is 308 g/mol. The molecule has 1 aliphatic heterocycles. The van der Waals surface area contributed by atoms with Crippen LogP contribution in [0.5, 0.6) is 0 Å². The molecule has 1 N–H and O–H groups in total. The van der Waals surface area contributed by atoms with Crippen molar-refractivity contribution in [3.05, 3.63) is 11.7 Å². The van der Waals surface area contributed by atoms with Gasteiger partial charge in [-0.2, -0.15) is 4.98 Å². The van der Waals surface area contributed by atoms with Crippen LogP contribution >= 0.6 is 0 Å². The van der Waals surface area contributed by atoms with E-state index >= 15 is 0 Å². The summed E-state index contributed by atoms with van der Waals surface area (Å²) in [5.41, 5.74) is 0. The minimum Gasteiger partial charge on any atom is -0.339 e. The second-order valence-corrected chi connectivity index (χ2v) is 6.17. The van der Waals surface area contributed by atoms with Crippen molar-refractivity contribution in [1.82, 2.24) is 20.4 Å². The zero-order valence-corrected chi connectivity index (χ0v) is 14.0. The van der Waals surface area contributed by atoms with Gasteiger partial charge in [-0.3, -0.25) is 0 Å². The summed E-state index contributed by atoms with van der Waals surface area (Å²) in [4.78, 5) is 18.6. The zero-order chi connectivity index (χ0) is 15.9. The third kappa shape index (κ3) is 4.21. The van der Waals surface area contributed by atoms with E-state index in [1.807, 2.05) is 4.90 Å². The molecule has 1 fully saturated rings. The highest BCUT2D eigenvalue weighted by Crippen LogP contribution is 2.27. The Morgan fingerprint density at radius 3 is 3.05 bits per heavy atom. The third-order valence-electron chi connectivity index (χ3n) is 4.37. The molecule has 1 aromatic rings. The molecule has 0 unspecified atom stereocenters. The van der Waals surface area contributed by atoms with Crippen molar-refractivity contribution < 1.29 is 9.32 Å². The fourth-order valence-electron chi connectivity index (χ4n) is 2.64. The Morgan fingerprint density at radius 2 is 2.32 bits per heavy atom. The third-order valence-corrected chi connectivity index (χ3v) is 4.37. The lowest BCUT2D eigenvalue weighted by atomic mass is 9.98. The van der Waals surface area contributed by atoms with Gasteiger partial charge in [0, 0.05) is 25.6 Å². The standard InChI is InChI=1S/C16H28N4O2/c1-4-6-9-17-16(21)20-10-7-8-13(11-20)15-18-14(19-22-15)12(3)5-2/h12-13H,4-11H2,1-3H3,(H,17,21)/t12-,13-/m1/s1. The van der Waals surface area contributed by atoms with Crippen LogP contribution in [0.25, 0.3) is 0 Å². The topological polar surface area (TPSA) is 71.3 Å². The number of likely N-dealkylation sites (tertiary alicyclic amines) is 1. The van der Waals surface area contributed by atoms with Crippen LogP contribution in [0, 0.1) is 0 Å². The summed E-state index contributed by atoms with van der Waals surface area (Å²) < 4.78 is 5.43. The Balaban J connectivity index is 1.92. The molecule has 1 aliphatic rings. The molecule has 2 atom stereocenters. The van der Waals surface area contributed by atoms with E-state index in [4.69, 9.17) is 4.52 Å². The van der Waals surface area contributed by atoms with Crippen molar-refractivity contribution >= 4 is 6.03 Å². The van der Waals surface area contributed by atoms with Gasteiger partial charge in [0.2, 0.25) is 5.89 Å². The number of nitrogens with zero attached hydrogens (tertiary/aromatic N) is 3. The van der Waals surface area contributed by atoms with Gasteiger partial charge in [0.1, 0.15) is 0 Å². The van der Waals surface area contributed by atoms with E-state index in [-0.39, 0.29) is 11.9 Å². The minimum absolute atomic E-state index is 0.0276. The average Bonchev–Trinajstić information content (AvgIpc) is 3.04. The van der Waals surface area contributed by atoms with Crippen LogP contribution in [-0.2, 0) is 0 Å². The maximum atomic E-state index is 12.2. The smallest absolute Gasteiger partial charge is 0.317 e. The van der Waals surface area contributed by atoms with E-state index in [0.717, 1.165) is 51.0 Å². The number of carbonyl (C=O) groups excluding carboxylic acids is 1. The van der Waals surface area contributed by atoms with Crippen LogP contribution in [0.15, 0.2) is 4.52 Å². The van der Waals surface area contributed by atoms with E-state index in [2.05, 4.69) is 36.2 Å². The number of piperidine rings is 1. The van der Waals surface area contributed by atoms with Gasteiger partial charge in [-0.1, -0.05) is 32.3 Å². The summed E-state index contributed by atoms with van der Waals surface area (Å²) in [6.07, 6.45) is 5.08. The first-order valence-corrected chi connectivity index (χ1v) is 8.51. The number of rotatable bonds is 6. The van der Waals surface area contributed by atoms with Crippen molar-refractivity contribution in [3.63, 3.8) is 0 Å². The van der Waals surface area contributed by atoms with Crippen LogP contribution in [0.4, 0.5) is 4.79 Å². The number of unbranched alkanes of at least 4 members (excludes halogenated alkanes) is 1. The molecule has 6 nitrogen and oxygen atoms in total. The van der Waals surface area contributed by atoms with Gasteiger partial charge >= 0.3 is 6.03 Å². The number of amides is 2. The summed E-state index contributed by atoms with van der Waals surface area (Å²) in [6.45, 7) is 8.55. The lowest BCUT2D eigenvalue weighted by Crippen LogP contribution is -2.45. The highest BCUT2D eigenvalue weighted by atomic mass is 16.5. The van der Waals surface area contributed by atoms with E-state index in [9.17, 15) is 4.79 Å². The normalized spacial score (nSPS) is 20.0. The Kier molecular flexibility index (Phi) is 6.21. The number of carbonyl (C=O) groups is 1. The molecule has 1 aromatic heterocycles. The number of urea groups is 1. The van der Waals surface area contributed by atoms with Gasteiger partial charge in [-0.15, -0.1) is 0 Å². The Bertz CT molecular complexity index is 474. The molecule has 1 saturated heterocycles. The van der Waals surface area contributed by atoms with E-state index < -0.39 is 0 Å². The molecule has 22 heavy (non-hydrogen) atoms. The summed E-state index contributed by atoms with van der Waals surface area (Å²) in [5.74, 6) is 1.94. The van der Waals surface area contributed by atoms with Crippen LogP contribution < -0.4 is 5.32 Å². The molecule has 6 heteroatoms. The molecule has 0 radical (unpaired) electrons. The lowest BCUT2D eigenvalue weighted by Gasteiger charge is -2.31. The predicted molar refractivity (Wildman–Crippen MR) is 84.9 cm³/mol. The van der Waals surface area contributed by atoms with E-state index in [0.29, 0.717) is 18.4 Å². The van der Waals surface area contributed by atoms with Gasteiger partial charge in [0.05, 0.1) is 5.92 Å². The van der Waals surface area contributed by atoms with E-state index in [1.165, 1.54) is 0 Å². The van der Waals surface area contributed by atoms with Crippen LogP contribution in [0.2, 0.25) is 0 Å². The van der Waals surface area contributed by atoms with Gasteiger partial charge in [0.15, 0.2) is 5.82 Å². The van der Waals surface area contributed by atoms with Gasteiger partial charge in [-0.25, -0.2) is 4.79 Å². The second-order valence-electron chi connectivity index (χ2n) is 6.17. The summed E-state index contributed by atoms with van der Waals surface area (Å²) in [6, 6.07) is 0.0276. The molecule has 0 bridgehead atoms. The minimum atomic E-state index is 0.0276. The maximum absolute atomic E-state index is 12.2. The molecular weight excluding hydrogens is 280 g/mol. The average molecular weight is 308 g/mol. The molecule has 124 valence electrons. The molecular formula is C16H28N4O2. The highest BCUT2D eigenvalue weighted by molar-refractivity contribution is 5.74. The van der Waals surface area contributed by atoms with E-state index in [1.54, 1.807) is 0 Å². The number of aromatic nitrogens is 2. The fraction of sp³-hybridized carbons (Fsp3) is 0.812. The predicted octanol–water partition coefficient (Wildman–Crippen LogP) is 3.27. The highest BCUT2D eigenvalue weighted by Gasteiger charge is 2.28. The number of hydrogen-bond acceptors (Lipinski definition) is 4. The second kappa shape index (κ2) is 8.15. The first-order chi connectivity index (χ1) is 10.7. The van der Waals surface area contributed by atoms with Crippen molar-refractivity contribution in [2.45, 2.75) is 64.7 Å². The summed E-state index contributed by atoms with van der Waals surface area (Å²) >= 11 is 0. The fourth-order valence-corrected chi connectivity index (χ4v) is 2.64. The largest absolute Gasteiger partial charge is 0.339 e. The number of nitrogens with one attached hydrogen (secondary N) is 1. The zero-order valence-electron chi connectivity index (χ0n) is 14.0. The number of hydrogen-bond donors (Lipinski definition) is 1. The quantitative estimate of drug-likeness (QED) is 0.819. The van der Waals surface area contributed by atoms with Gasteiger partial charge in [-0.05, 0) is 25.7 Å². The Morgan fingerprint density at radius 1 is 1.50 bits per heavy atom. The van der Waals surface area contributed by atoms with Gasteiger partial charge < -0.3 is 14.7 Å². The van der Waals surface area contributed by atoms with Crippen LogP contribution in [-0.4, -0.2) is 40.7 Å². The lowest BCUT2D eigenvalue weighted by molar-refractivity contribution is 0.172. The maximum Gasteiger partial charge on any atom is 0.317 e. The molecule has 0 aromatic carbocycles.